The van der Waals surface area contributed by atoms with E-state index in [1.54, 1.807) is 6.20 Å². The topological polar surface area (TPSA) is 75.0 Å². The second-order valence-electron chi connectivity index (χ2n) is 6.33. The number of amides is 1. The molecule has 7 heteroatoms. The van der Waals surface area contributed by atoms with E-state index in [0.717, 1.165) is 27.9 Å². The van der Waals surface area contributed by atoms with Crippen molar-refractivity contribution in [2.75, 3.05) is 19.7 Å². The number of carboxylic acid groups (broad SMARTS) is 1. The fourth-order valence-corrected chi connectivity index (χ4v) is 4.09. The molecule has 2 aliphatic rings. The van der Waals surface area contributed by atoms with E-state index in [9.17, 15) is 9.90 Å². The summed E-state index contributed by atoms with van der Waals surface area (Å²) in [5, 5.41) is 9.43. The van der Waals surface area contributed by atoms with Gasteiger partial charge in [0.15, 0.2) is 0 Å². The Morgan fingerprint density at radius 1 is 1.38 bits per heavy atom. The largest absolute Gasteiger partial charge is 0.493 e. The van der Waals surface area contributed by atoms with Gasteiger partial charge in [-0.25, -0.2) is 4.79 Å². The molecule has 0 aliphatic carbocycles. The molecule has 6 nitrogen and oxygen atoms in total. The number of hydrogen-bond acceptors (Lipinski definition) is 4. The maximum absolute atomic E-state index is 11.5. The zero-order valence-corrected chi connectivity index (χ0v) is 15.6. The Labute approximate surface area is 159 Å². The van der Waals surface area contributed by atoms with Crippen LogP contribution >= 0.6 is 15.9 Å². The van der Waals surface area contributed by atoms with E-state index in [1.807, 2.05) is 24.3 Å². The first-order chi connectivity index (χ1) is 12.6. The van der Waals surface area contributed by atoms with Gasteiger partial charge in [0.25, 0.3) is 0 Å². The van der Waals surface area contributed by atoms with E-state index >= 15 is 0 Å². The summed E-state index contributed by atoms with van der Waals surface area (Å²) in [6.07, 6.45) is 2.14. The highest BCUT2D eigenvalue weighted by atomic mass is 79.9. The summed E-state index contributed by atoms with van der Waals surface area (Å²) in [7, 11) is 0. The van der Waals surface area contributed by atoms with Gasteiger partial charge in [0.05, 0.1) is 19.7 Å². The molecule has 1 amide bonds. The molecule has 1 N–H and O–H groups in total. The molecular weight excluding hydrogens is 398 g/mol. The van der Waals surface area contributed by atoms with Gasteiger partial charge in [-0.3, -0.25) is 14.9 Å². The Morgan fingerprint density at radius 3 is 3.04 bits per heavy atom. The highest BCUT2D eigenvalue weighted by molar-refractivity contribution is 9.10. The molecule has 1 atom stereocenters. The van der Waals surface area contributed by atoms with Crippen LogP contribution in [0.5, 0.6) is 5.75 Å². The number of benzene rings is 1. The Bertz CT molecular complexity index is 870. The number of amidine groups is 1. The smallest absolute Gasteiger partial charge is 0.412 e. The van der Waals surface area contributed by atoms with Crippen LogP contribution in [0.25, 0.3) is 0 Å². The molecule has 1 unspecified atom stereocenters. The van der Waals surface area contributed by atoms with Gasteiger partial charge in [-0.2, -0.15) is 0 Å². The van der Waals surface area contributed by atoms with Gasteiger partial charge in [0.1, 0.15) is 11.6 Å². The lowest BCUT2D eigenvalue weighted by atomic mass is 9.89. The highest BCUT2D eigenvalue weighted by Crippen LogP contribution is 2.41. The van der Waals surface area contributed by atoms with Gasteiger partial charge in [-0.1, -0.05) is 22.0 Å². The molecule has 0 saturated carbocycles. The molecule has 134 valence electrons. The van der Waals surface area contributed by atoms with Crippen LogP contribution in [0.2, 0.25) is 0 Å². The number of carbonyl (C=O) groups is 1. The van der Waals surface area contributed by atoms with Gasteiger partial charge in [-0.05, 0) is 29.8 Å². The molecule has 0 spiro atoms. The molecule has 4 rings (SSSR count). The third-order valence-corrected chi connectivity index (χ3v) is 5.20. The molecule has 2 aliphatic heterocycles. The van der Waals surface area contributed by atoms with E-state index in [2.05, 4.69) is 32.0 Å². The number of pyridine rings is 1. The van der Waals surface area contributed by atoms with E-state index in [-0.39, 0.29) is 5.92 Å². The summed E-state index contributed by atoms with van der Waals surface area (Å²) in [5.74, 6) is 1.35. The fourth-order valence-electron chi connectivity index (χ4n) is 3.57. The van der Waals surface area contributed by atoms with Crippen molar-refractivity contribution in [3.63, 3.8) is 0 Å². The molecule has 1 aromatic carbocycles. The number of fused-ring (bicyclic) bond motifs is 1. The normalized spacial score (nSPS) is 16.8. The van der Waals surface area contributed by atoms with Crippen molar-refractivity contribution in [3.05, 3.63) is 57.8 Å². The fraction of sp³-hybridized carbons (Fsp3) is 0.316. The zero-order valence-electron chi connectivity index (χ0n) is 14.1. The van der Waals surface area contributed by atoms with Gasteiger partial charge >= 0.3 is 6.09 Å². The molecule has 3 heterocycles. The summed E-state index contributed by atoms with van der Waals surface area (Å²) in [4.78, 5) is 21.8. The summed E-state index contributed by atoms with van der Waals surface area (Å²) < 4.78 is 6.89. The first-order valence-electron chi connectivity index (χ1n) is 8.53. The van der Waals surface area contributed by atoms with Gasteiger partial charge in [0.2, 0.25) is 0 Å². The van der Waals surface area contributed by atoms with Crippen molar-refractivity contribution < 1.29 is 14.6 Å². The zero-order chi connectivity index (χ0) is 18.1. The Balaban J connectivity index is 1.77. The average Bonchev–Trinajstić information content (AvgIpc) is 3.28. The first kappa shape index (κ1) is 17.0. The third-order valence-electron chi connectivity index (χ3n) is 4.74. The van der Waals surface area contributed by atoms with E-state index in [0.29, 0.717) is 32.0 Å². The van der Waals surface area contributed by atoms with Gasteiger partial charge in [-0.15, -0.1) is 0 Å². The van der Waals surface area contributed by atoms with Crippen LogP contribution in [0.3, 0.4) is 0 Å². The minimum atomic E-state index is -0.961. The van der Waals surface area contributed by atoms with E-state index < -0.39 is 6.09 Å². The maximum atomic E-state index is 11.5. The van der Waals surface area contributed by atoms with E-state index in [1.165, 1.54) is 10.5 Å². The standard InChI is InChI=1S/C19H18BrN3O3/c20-13-9-12-4-8-26-18(12)15(10-13)14(16-3-1-2-5-21-16)11-17-22-6-7-23(17)19(24)25/h1-3,5,9-10,14H,4,6-8,11H2,(H,24,25). The molecule has 2 aromatic rings. The summed E-state index contributed by atoms with van der Waals surface area (Å²) in [6.45, 7) is 1.58. The Morgan fingerprint density at radius 2 is 2.27 bits per heavy atom. The van der Waals surface area contributed by atoms with Crippen molar-refractivity contribution in [2.24, 2.45) is 4.99 Å². The average molecular weight is 416 g/mol. The molecule has 0 fully saturated rings. The van der Waals surface area contributed by atoms with Crippen molar-refractivity contribution in [3.8, 4) is 5.75 Å². The number of nitrogens with zero attached hydrogens (tertiary/aromatic N) is 3. The number of rotatable bonds is 4. The monoisotopic (exact) mass is 415 g/mol. The van der Waals surface area contributed by atoms with Crippen LogP contribution in [-0.4, -0.2) is 46.6 Å². The number of halogens is 1. The number of hydrogen-bond donors (Lipinski definition) is 1. The summed E-state index contributed by atoms with van der Waals surface area (Å²) in [5.41, 5.74) is 3.06. The lowest BCUT2D eigenvalue weighted by Crippen LogP contribution is -2.34. The molecule has 1 aromatic heterocycles. The second kappa shape index (κ2) is 7.07. The summed E-state index contributed by atoms with van der Waals surface area (Å²) >= 11 is 3.59. The lowest BCUT2D eigenvalue weighted by Gasteiger charge is -2.23. The predicted octanol–water partition coefficient (Wildman–Crippen LogP) is 3.69. The van der Waals surface area contributed by atoms with Crippen molar-refractivity contribution in [1.29, 1.82) is 0 Å². The summed E-state index contributed by atoms with van der Waals surface area (Å²) in [6, 6.07) is 9.91. The molecular formula is C19H18BrN3O3. The van der Waals surface area contributed by atoms with Crippen LogP contribution in [0.1, 0.15) is 29.2 Å². The van der Waals surface area contributed by atoms with Crippen molar-refractivity contribution in [2.45, 2.75) is 18.8 Å². The third kappa shape index (κ3) is 3.19. The Hall–Kier alpha value is -2.41. The minimum Gasteiger partial charge on any atom is -0.493 e. The molecule has 0 bridgehead atoms. The molecule has 0 saturated heterocycles. The van der Waals surface area contributed by atoms with Crippen LogP contribution in [0.4, 0.5) is 4.79 Å². The highest BCUT2D eigenvalue weighted by Gasteiger charge is 2.31. The van der Waals surface area contributed by atoms with E-state index in [4.69, 9.17) is 4.74 Å². The van der Waals surface area contributed by atoms with Crippen LogP contribution < -0.4 is 4.74 Å². The van der Waals surface area contributed by atoms with Crippen LogP contribution in [0.15, 0.2) is 46.0 Å². The van der Waals surface area contributed by atoms with Crippen molar-refractivity contribution in [1.82, 2.24) is 9.88 Å². The van der Waals surface area contributed by atoms with Gasteiger partial charge in [0, 0.05) is 40.7 Å². The number of ether oxygens (including phenoxy) is 1. The lowest BCUT2D eigenvalue weighted by molar-refractivity contribution is 0.171. The Kier molecular flexibility index (Phi) is 4.63. The first-order valence-corrected chi connectivity index (χ1v) is 9.32. The predicted molar refractivity (Wildman–Crippen MR) is 101 cm³/mol. The molecule has 26 heavy (non-hydrogen) atoms. The minimum absolute atomic E-state index is 0.126. The van der Waals surface area contributed by atoms with Crippen LogP contribution in [-0.2, 0) is 6.42 Å². The maximum Gasteiger partial charge on any atom is 0.412 e. The van der Waals surface area contributed by atoms with Crippen molar-refractivity contribution >= 4 is 27.9 Å². The van der Waals surface area contributed by atoms with Gasteiger partial charge < -0.3 is 9.84 Å². The number of aliphatic imine (C=N–C) groups is 1. The molecule has 0 radical (unpaired) electrons. The quantitative estimate of drug-likeness (QED) is 0.825. The second-order valence-corrected chi connectivity index (χ2v) is 7.24. The SMILES string of the molecule is O=C(O)N1CCN=C1CC(c1ccccn1)c1cc(Br)cc2c1OCC2. The number of aromatic nitrogens is 1. The van der Waals surface area contributed by atoms with Crippen LogP contribution in [0, 0.1) is 0 Å².